The van der Waals surface area contributed by atoms with E-state index in [0.29, 0.717) is 6.61 Å². The van der Waals surface area contributed by atoms with E-state index in [4.69, 9.17) is 8.92 Å². The summed E-state index contributed by atoms with van der Waals surface area (Å²) in [5, 5.41) is 0. The largest absolute Gasteiger partial charge is 0.493 e. The molecule has 2 aromatic rings. The van der Waals surface area contributed by atoms with E-state index in [1.807, 2.05) is 55.5 Å². The van der Waals surface area contributed by atoms with E-state index in [0.717, 1.165) is 27.6 Å². The normalized spacial score (nSPS) is 12.8. The van der Waals surface area contributed by atoms with Gasteiger partial charge in [-0.05, 0) is 24.6 Å². The summed E-state index contributed by atoms with van der Waals surface area (Å²) in [6.07, 6.45) is 1.05. The molecule has 23 heavy (non-hydrogen) atoms. The molecule has 0 aromatic heterocycles. The van der Waals surface area contributed by atoms with E-state index in [2.05, 4.69) is 15.9 Å². The lowest BCUT2D eigenvalue weighted by Crippen LogP contribution is -2.18. The van der Waals surface area contributed by atoms with Gasteiger partial charge in [0.2, 0.25) is 0 Å². The van der Waals surface area contributed by atoms with Gasteiger partial charge >= 0.3 is 0 Å². The summed E-state index contributed by atoms with van der Waals surface area (Å²) in [7, 11) is -3.49. The molecule has 0 aliphatic rings. The van der Waals surface area contributed by atoms with Crippen molar-refractivity contribution < 1.29 is 17.3 Å². The topological polar surface area (TPSA) is 52.6 Å². The van der Waals surface area contributed by atoms with Crippen LogP contribution in [0, 0.1) is 6.92 Å². The van der Waals surface area contributed by atoms with Gasteiger partial charge in [-0.25, -0.2) is 0 Å². The molecule has 0 saturated heterocycles. The molecule has 0 aliphatic carbocycles. The highest BCUT2D eigenvalue weighted by molar-refractivity contribution is 9.10. The molecule has 1 atom stereocenters. The second-order valence-corrected chi connectivity index (χ2v) is 7.77. The van der Waals surface area contributed by atoms with Gasteiger partial charge in [0.15, 0.2) is 0 Å². The van der Waals surface area contributed by atoms with E-state index in [1.165, 1.54) is 0 Å². The Morgan fingerprint density at radius 2 is 1.74 bits per heavy atom. The maximum atomic E-state index is 11.3. The Morgan fingerprint density at radius 3 is 2.39 bits per heavy atom. The first kappa shape index (κ1) is 18.0. The lowest BCUT2D eigenvalue weighted by molar-refractivity contribution is 0.223. The Bertz CT molecular complexity index is 744. The van der Waals surface area contributed by atoms with Crippen LogP contribution in [0.3, 0.4) is 0 Å². The third-order valence-corrected chi connectivity index (χ3v) is 4.84. The number of hydrogen-bond donors (Lipinski definition) is 0. The van der Waals surface area contributed by atoms with Crippen LogP contribution < -0.4 is 4.74 Å². The van der Waals surface area contributed by atoms with Crippen molar-refractivity contribution in [3.8, 4) is 5.75 Å². The fraction of sp³-hybridized carbons (Fsp3) is 0.294. The summed E-state index contributed by atoms with van der Waals surface area (Å²) in [5.41, 5.74) is 1.98. The van der Waals surface area contributed by atoms with Crippen molar-refractivity contribution in [2.45, 2.75) is 12.8 Å². The maximum Gasteiger partial charge on any atom is 0.264 e. The highest BCUT2D eigenvalue weighted by atomic mass is 79.9. The standard InChI is InChI=1S/C17H19BrO4S/c1-13-16(18)9-6-10-17(13)21-11-15(12-22-23(2,19)20)14-7-4-3-5-8-14/h3-10,15H,11-12H2,1-2H3. The van der Waals surface area contributed by atoms with Gasteiger partial charge < -0.3 is 4.74 Å². The number of rotatable bonds is 7. The van der Waals surface area contributed by atoms with E-state index < -0.39 is 10.1 Å². The second-order valence-electron chi connectivity index (χ2n) is 5.27. The van der Waals surface area contributed by atoms with Gasteiger partial charge in [0.05, 0.1) is 19.5 Å². The Kier molecular flexibility index (Phi) is 6.21. The summed E-state index contributed by atoms with van der Waals surface area (Å²) in [6, 6.07) is 15.3. The molecule has 2 aromatic carbocycles. The summed E-state index contributed by atoms with van der Waals surface area (Å²) in [4.78, 5) is 0. The van der Waals surface area contributed by atoms with Gasteiger partial charge in [0, 0.05) is 16.0 Å². The average molecular weight is 399 g/mol. The zero-order valence-corrected chi connectivity index (χ0v) is 15.4. The van der Waals surface area contributed by atoms with Crippen molar-refractivity contribution in [3.05, 3.63) is 64.1 Å². The molecule has 124 valence electrons. The van der Waals surface area contributed by atoms with Gasteiger partial charge in [-0.15, -0.1) is 0 Å². The van der Waals surface area contributed by atoms with Crippen LogP contribution >= 0.6 is 15.9 Å². The van der Waals surface area contributed by atoms with Crippen LogP contribution in [0.25, 0.3) is 0 Å². The van der Waals surface area contributed by atoms with Gasteiger partial charge in [0.1, 0.15) is 5.75 Å². The molecular weight excluding hydrogens is 380 g/mol. The van der Waals surface area contributed by atoms with Gasteiger partial charge in [-0.3, -0.25) is 4.18 Å². The highest BCUT2D eigenvalue weighted by Crippen LogP contribution is 2.27. The van der Waals surface area contributed by atoms with Crippen LogP contribution in [-0.4, -0.2) is 27.9 Å². The Labute approximate surface area is 145 Å². The van der Waals surface area contributed by atoms with Crippen molar-refractivity contribution in [3.63, 3.8) is 0 Å². The number of benzene rings is 2. The zero-order valence-electron chi connectivity index (χ0n) is 13.0. The number of hydrogen-bond acceptors (Lipinski definition) is 4. The minimum atomic E-state index is -3.49. The zero-order chi connectivity index (χ0) is 16.9. The van der Waals surface area contributed by atoms with E-state index >= 15 is 0 Å². The Balaban J connectivity index is 2.13. The van der Waals surface area contributed by atoms with E-state index in [9.17, 15) is 8.42 Å². The molecule has 0 N–H and O–H groups in total. The first-order valence-corrected chi connectivity index (χ1v) is 9.75. The van der Waals surface area contributed by atoms with Crippen LogP contribution in [-0.2, 0) is 14.3 Å². The van der Waals surface area contributed by atoms with Crippen molar-refractivity contribution in [2.75, 3.05) is 19.5 Å². The fourth-order valence-electron chi connectivity index (χ4n) is 2.11. The predicted molar refractivity (Wildman–Crippen MR) is 94.4 cm³/mol. The second kappa shape index (κ2) is 7.95. The first-order chi connectivity index (χ1) is 10.9. The summed E-state index contributed by atoms with van der Waals surface area (Å²) in [5.74, 6) is 0.587. The van der Waals surface area contributed by atoms with Crippen molar-refractivity contribution >= 4 is 26.0 Å². The Morgan fingerprint density at radius 1 is 1.04 bits per heavy atom. The summed E-state index contributed by atoms with van der Waals surface area (Å²) in [6.45, 7) is 2.34. The third-order valence-electron chi connectivity index (χ3n) is 3.41. The molecular formula is C17H19BrO4S. The van der Waals surface area contributed by atoms with Crippen LogP contribution in [0.5, 0.6) is 5.75 Å². The molecule has 2 rings (SSSR count). The molecule has 0 heterocycles. The highest BCUT2D eigenvalue weighted by Gasteiger charge is 2.16. The van der Waals surface area contributed by atoms with Crippen molar-refractivity contribution in [1.29, 1.82) is 0 Å². The van der Waals surface area contributed by atoms with Gasteiger partial charge in [0.25, 0.3) is 10.1 Å². The molecule has 6 heteroatoms. The van der Waals surface area contributed by atoms with E-state index in [-0.39, 0.29) is 12.5 Å². The lowest BCUT2D eigenvalue weighted by atomic mass is 10.0. The monoisotopic (exact) mass is 398 g/mol. The molecule has 0 saturated carbocycles. The molecule has 0 spiro atoms. The summed E-state index contributed by atoms with van der Waals surface area (Å²) >= 11 is 3.47. The van der Waals surface area contributed by atoms with Gasteiger partial charge in [-0.1, -0.05) is 52.3 Å². The van der Waals surface area contributed by atoms with Gasteiger partial charge in [-0.2, -0.15) is 8.42 Å². The first-order valence-electron chi connectivity index (χ1n) is 7.14. The fourth-order valence-corrected chi connectivity index (χ4v) is 2.87. The number of halogens is 1. The third kappa shape index (κ3) is 5.64. The molecule has 0 aliphatic heterocycles. The molecule has 4 nitrogen and oxygen atoms in total. The number of ether oxygens (including phenoxy) is 1. The molecule has 0 fully saturated rings. The van der Waals surface area contributed by atoms with Crippen molar-refractivity contribution in [1.82, 2.24) is 0 Å². The molecule has 1 unspecified atom stereocenters. The van der Waals surface area contributed by atoms with Crippen LogP contribution in [0.15, 0.2) is 53.0 Å². The minimum absolute atomic E-state index is 0.0515. The SMILES string of the molecule is Cc1c(Br)cccc1OCC(COS(C)(=O)=O)c1ccccc1. The molecule has 0 radical (unpaired) electrons. The predicted octanol–water partition coefficient (Wildman–Crippen LogP) is 3.90. The minimum Gasteiger partial charge on any atom is -0.493 e. The maximum absolute atomic E-state index is 11.3. The van der Waals surface area contributed by atoms with Crippen LogP contribution in [0.1, 0.15) is 17.0 Å². The van der Waals surface area contributed by atoms with Crippen LogP contribution in [0.4, 0.5) is 0 Å². The molecule has 0 amide bonds. The quantitative estimate of drug-likeness (QED) is 0.663. The smallest absolute Gasteiger partial charge is 0.264 e. The average Bonchev–Trinajstić information content (AvgIpc) is 2.51. The Hall–Kier alpha value is -1.37. The van der Waals surface area contributed by atoms with E-state index in [1.54, 1.807) is 0 Å². The summed E-state index contributed by atoms with van der Waals surface area (Å²) < 4.78 is 34.4. The molecule has 0 bridgehead atoms. The lowest BCUT2D eigenvalue weighted by Gasteiger charge is -2.19. The van der Waals surface area contributed by atoms with Crippen LogP contribution in [0.2, 0.25) is 0 Å². The van der Waals surface area contributed by atoms with Crippen molar-refractivity contribution in [2.24, 2.45) is 0 Å².